The Labute approximate surface area is 166 Å². The first kappa shape index (κ1) is 20.3. The van der Waals surface area contributed by atoms with Crippen molar-refractivity contribution in [2.75, 3.05) is 26.2 Å². The molecule has 2 N–H and O–H groups in total. The van der Waals surface area contributed by atoms with Crippen LogP contribution in [0.2, 0.25) is 0 Å². The van der Waals surface area contributed by atoms with E-state index < -0.39 is 5.97 Å². The quantitative estimate of drug-likeness (QED) is 0.387. The van der Waals surface area contributed by atoms with E-state index in [9.17, 15) is 4.79 Å². The monoisotopic (exact) mass is 386 g/mol. The average Bonchev–Trinajstić information content (AvgIpc) is 3.15. The maximum absolute atomic E-state index is 10.8. The number of benzene rings is 1. The second-order valence-corrected chi connectivity index (χ2v) is 7.60. The van der Waals surface area contributed by atoms with Gasteiger partial charge >= 0.3 is 5.97 Å². The molecule has 0 spiro atoms. The Morgan fingerprint density at radius 3 is 2.79 bits per heavy atom. The van der Waals surface area contributed by atoms with Gasteiger partial charge in [0.15, 0.2) is 0 Å². The van der Waals surface area contributed by atoms with E-state index in [1.807, 2.05) is 18.3 Å². The fourth-order valence-corrected chi connectivity index (χ4v) is 3.66. The molecule has 0 amide bonds. The molecule has 3 rings (SSSR count). The van der Waals surface area contributed by atoms with Crippen LogP contribution in [0.5, 0.6) is 0 Å². The van der Waals surface area contributed by atoms with E-state index in [0.29, 0.717) is 5.92 Å². The summed E-state index contributed by atoms with van der Waals surface area (Å²) in [5.74, 6) is -0.380. The van der Waals surface area contributed by atoms with Crippen molar-refractivity contribution in [3.63, 3.8) is 0 Å². The van der Waals surface area contributed by atoms with E-state index >= 15 is 0 Å². The highest BCUT2D eigenvalue weighted by Crippen LogP contribution is 2.23. The van der Waals surface area contributed by atoms with Crippen LogP contribution >= 0.6 is 0 Å². The number of piperidine rings is 1. The van der Waals surface area contributed by atoms with Crippen molar-refractivity contribution >= 4 is 17.9 Å². The molecule has 0 radical (unpaired) electrons. The third-order valence-corrected chi connectivity index (χ3v) is 5.28. The van der Waals surface area contributed by atoms with E-state index in [2.05, 4.69) is 39.6 Å². The molecule has 152 valence electrons. The van der Waals surface area contributed by atoms with Gasteiger partial charge in [-0.1, -0.05) is 36.3 Å². The standard InChI is InChI=1S/C21H30N4O3/c1-2-9-22-23-14-17-3-5-18(6-4-17)20-13-19(28-24-20)15-25-10-7-16(8-11-25)12-21(26)27/h3-6,14,16,19,22H,2,7-13,15H2,1H3,(H,26,27). The Balaban J connectivity index is 1.42. The van der Waals surface area contributed by atoms with E-state index in [1.165, 1.54) is 0 Å². The van der Waals surface area contributed by atoms with Crippen LogP contribution in [0.3, 0.4) is 0 Å². The second-order valence-electron chi connectivity index (χ2n) is 7.60. The highest BCUT2D eigenvalue weighted by atomic mass is 16.6. The zero-order valence-electron chi connectivity index (χ0n) is 16.5. The predicted octanol–water partition coefficient (Wildman–Crippen LogP) is 2.70. The molecular weight excluding hydrogens is 356 g/mol. The molecule has 1 unspecified atom stereocenters. The lowest BCUT2D eigenvalue weighted by molar-refractivity contribution is -0.138. The van der Waals surface area contributed by atoms with Gasteiger partial charge in [0.25, 0.3) is 0 Å². The number of hydrogen-bond donors (Lipinski definition) is 2. The van der Waals surface area contributed by atoms with Crippen LogP contribution in [-0.4, -0.2) is 60.2 Å². The largest absolute Gasteiger partial charge is 0.481 e. The Morgan fingerprint density at radius 2 is 2.11 bits per heavy atom. The molecular formula is C21H30N4O3. The van der Waals surface area contributed by atoms with Crippen molar-refractivity contribution in [2.24, 2.45) is 16.2 Å². The molecule has 0 saturated carbocycles. The van der Waals surface area contributed by atoms with Crippen LogP contribution in [0.15, 0.2) is 34.5 Å². The van der Waals surface area contributed by atoms with Crippen LogP contribution < -0.4 is 5.43 Å². The van der Waals surface area contributed by atoms with Gasteiger partial charge in [-0.2, -0.15) is 5.10 Å². The Hall–Kier alpha value is -2.41. The third kappa shape index (κ3) is 6.05. The van der Waals surface area contributed by atoms with Gasteiger partial charge in [-0.15, -0.1) is 0 Å². The van der Waals surface area contributed by atoms with Gasteiger partial charge in [-0.3, -0.25) is 9.69 Å². The number of carboxylic acids is 1. The van der Waals surface area contributed by atoms with Crippen molar-refractivity contribution in [3.8, 4) is 0 Å². The van der Waals surface area contributed by atoms with Gasteiger partial charge in [0.1, 0.15) is 6.10 Å². The lowest BCUT2D eigenvalue weighted by atomic mass is 9.93. The molecule has 0 bridgehead atoms. The van der Waals surface area contributed by atoms with Crippen LogP contribution in [-0.2, 0) is 9.63 Å². The minimum absolute atomic E-state index is 0.0745. The first-order valence-electron chi connectivity index (χ1n) is 10.2. The van der Waals surface area contributed by atoms with Gasteiger partial charge in [0, 0.05) is 25.9 Å². The maximum Gasteiger partial charge on any atom is 0.303 e. The number of nitrogens with zero attached hydrogens (tertiary/aromatic N) is 3. The highest BCUT2D eigenvalue weighted by molar-refractivity contribution is 6.01. The Morgan fingerprint density at radius 1 is 1.36 bits per heavy atom. The number of nitrogens with one attached hydrogen (secondary N) is 1. The Bertz CT molecular complexity index is 694. The van der Waals surface area contributed by atoms with Gasteiger partial charge in [-0.05, 0) is 49.4 Å². The summed E-state index contributed by atoms with van der Waals surface area (Å²) in [5, 5.41) is 17.4. The fraction of sp³-hybridized carbons (Fsp3) is 0.571. The highest BCUT2D eigenvalue weighted by Gasteiger charge is 2.27. The molecule has 1 fully saturated rings. The fourth-order valence-electron chi connectivity index (χ4n) is 3.66. The predicted molar refractivity (Wildman–Crippen MR) is 110 cm³/mol. The number of likely N-dealkylation sites (tertiary alicyclic amines) is 1. The summed E-state index contributed by atoms with van der Waals surface area (Å²) in [5.41, 5.74) is 6.12. The maximum atomic E-state index is 10.8. The van der Waals surface area contributed by atoms with Gasteiger partial charge in [0.05, 0.1) is 11.9 Å². The van der Waals surface area contributed by atoms with Crippen LogP contribution in [0.1, 0.15) is 50.2 Å². The molecule has 1 aromatic rings. The molecule has 0 aliphatic carbocycles. The smallest absolute Gasteiger partial charge is 0.303 e. The number of rotatable bonds is 9. The molecule has 2 aliphatic heterocycles. The van der Waals surface area contributed by atoms with Crippen LogP contribution in [0, 0.1) is 5.92 Å². The number of hydrazone groups is 1. The topological polar surface area (TPSA) is 86.5 Å². The number of oxime groups is 1. The molecule has 0 aromatic heterocycles. The zero-order valence-corrected chi connectivity index (χ0v) is 16.5. The molecule has 2 aliphatic rings. The first-order valence-corrected chi connectivity index (χ1v) is 10.2. The van der Waals surface area contributed by atoms with Gasteiger partial charge in [-0.25, -0.2) is 0 Å². The van der Waals surface area contributed by atoms with Crippen molar-refractivity contribution in [3.05, 3.63) is 35.4 Å². The summed E-state index contributed by atoms with van der Waals surface area (Å²) in [7, 11) is 0. The zero-order chi connectivity index (χ0) is 19.8. The summed E-state index contributed by atoms with van der Waals surface area (Å²) in [4.78, 5) is 18.9. The molecule has 1 saturated heterocycles. The Kier molecular flexibility index (Phi) is 7.42. The number of hydrogen-bond acceptors (Lipinski definition) is 6. The van der Waals surface area contributed by atoms with Crippen molar-refractivity contribution in [1.29, 1.82) is 0 Å². The number of aliphatic carboxylic acids is 1. The lowest BCUT2D eigenvalue weighted by Crippen LogP contribution is -2.39. The summed E-state index contributed by atoms with van der Waals surface area (Å²) in [6.45, 7) is 5.71. The molecule has 7 nitrogen and oxygen atoms in total. The van der Waals surface area contributed by atoms with E-state index in [4.69, 9.17) is 9.94 Å². The van der Waals surface area contributed by atoms with Gasteiger partial charge < -0.3 is 15.4 Å². The number of carboxylic acid groups (broad SMARTS) is 1. The minimum atomic E-state index is -0.690. The molecule has 28 heavy (non-hydrogen) atoms. The summed E-state index contributed by atoms with van der Waals surface area (Å²) >= 11 is 0. The van der Waals surface area contributed by atoms with E-state index in [0.717, 1.165) is 68.7 Å². The lowest BCUT2D eigenvalue weighted by Gasteiger charge is -2.32. The van der Waals surface area contributed by atoms with Gasteiger partial charge in [0.2, 0.25) is 0 Å². The number of carbonyl (C=O) groups is 1. The SMILES string of the molecule is CCCNN=Cc1ccc(C2=NOC(CN3CCC(CC(=O)O)CC3)C2)cc1. The average molecular weight is 386 g/mol. The van der Waals surface area contributed by atoms with Crippen molar-refractivity contribution in [2.45, 2.75) is 45.1 Å². The summed E-state index contributed by atoms with van der Waals surface area (Å²) < 4.78 is 0. The molecule has 2 heterocycles. The third-order valence-electron chi connectivity index (χ3n) is 5.28. The van der Waals surface area contributed by atoms with Crippen LogP contribution in [0.25, 0.3) is 0 Å². The van der Waals surface area contributed by atoms with Crippen molar-refractivity contribution < 1.29 is 14.7 Å². The van der Waals surface area contributed by atoms with E-state index in [1.54, 1.807) is 0 Å². The van der Waals surface area contributed by atoms with Crippen LogP contribution in [0.4, 0.5) is 0 Å². The van der Waals surface area contributed by atoms with Crippen molar-refractivity contribution in [1.82, 2.24) is 10.3 Å². The second kappa shape index (κ2) is 10.2. The minimum Gasteiger partial charge on any atom is -0.481 e. The summed E-state index contributed by atoms with van der Waals surface area (Å²) in [6, 6.07) is 8.19. The first-order chi connectivity index (χ1) is 13.6. The molecule has 1 aromatic carbocycles. The summed E-state index contributed by atoms with van der Waals surface area (Å²) in [6.07, 6.45) is 5.94. The molecule has 1 atom stereocenters. The van der Waals surface area contributed by atoms with E-state index in [-0.39, 0.29) is 12.5 Å². The molecule has 7 heteroatoms. The normalized spacial score (nSPS) is 20.9.